The Morgan fingerprint density at radius 3 is 2.40 bits per heavy atom. The molecule has 0 fully saturated rings. The van der Waals surface area contributed by atoms with Crippen molar-refractivity contribution in [3.8, 4) is 0 Å². The fourth-order valence-electron chi connectivity index (χ4n) is 3.09. The van der Waals surface area contributed by atoms with Crippen LogP contribution < -0.4 is 0 Å². The molecule has 154 valence electrons. The average Bonchev–Trinajstić information content (AvgIpc) is 3.04. The smallest absolute Gasteiger partial charge is 0.314 e. The molecule has 0 aliphatic rings. The van der Waals surface area contributed by atoms with Gasteiger partial charge in [-0.2, -0.15) is 13.2 Å². The number of aromatic nitrogens is 2. The third-order valence-corrected chi connectivity index (χ3v) is 6.21. The Hall–Kier alpha value is -2.15. The zero-order valence-corrected chi connectivity index (χ0v) is 17.8. The first-order valence-electron chi connectivity index (χ1n) is 8.99. The van der Waals surface area contributed by atoms with E-state index in [1.54, 1.807) is 12.1 Å². The molecule has 3 aromatic carbocycles. The van der Waals surface area contributed by atoms with E-state index in [9.17, 15) is 13.2 Å². The van der Waals surface area contributed by atoms with Crippen molar-refractivity contribution in [1.82, 2.24) is 9.55 Å². The molecule has 0 amide bonds. The minimum absolute atomic E-state index is 0.311. The second-order valence-corrected chi connectivity index (χ2v) is 8.48. The number of imidazole rings is 1. The normalized spacial score (nSPS) is 11.9. The van der Waals surface area contributed by atoms with E-state index in [0.717, 1.165) is 23.3 Å². The summed E-state index contributed by atoms with van der Waals surface area (Å²) in [6.07, 6.45) is -4.42. The van der Waals surface area contributed by atoms with Gasteiger partial charge in [0.25, 0.3) is 0 Å². The quantitative estimate of drug-likeness (QED) is 0.280. The minimum Gasteiger partial charge on any atom is -0.314 e. The maximum atomic E-state index is 13.2. The van der Waals surface area contributed by atoms with Gasteiger partial charge in [-0.1, -0.05) is 71.4 Å². The highest BCUT2D eigenvalue weighted by Gasteiger charge is 2.31. The van der Waals surface area contributed by atoms with E-state index in [-0.39, 0.29) is 0 Å². The Morgan fingerprint density at radius 2 is 1.70 bits per heavy atom. The van der Waals surface area contributed by atoms with Crippen LogP contribution in [0.15, 0.2) is 71.9 Å². The fraction of sp³-hybridized carbons (Fsp3) is 0.136. The van der Waals surface area contributed by atoms with E-state index in [4.69, 9.17) is 23.2 Å². The van der Waals surface area contributed by atoms with E-state index in [1.807, 2.05) is 41.0 Å². The number of thioether (sulfide) groups is 1. The molecule has 0 saturated carbocycles. The van der Waals surface area contributed by atoms with Gasteiger partial charge in [0, 0.05) is 15.8 Å². The lowest BCUT2D eigenvalue weighted by molar-refractivity contribution is -0.137. The van der Waals surface area contributed by atoms with Crippen LogP contribution in [0.1, 0.15) is 16.7 Å². The van der Waals surface area contributed by atoms with E-state index >= 15 is 0 Å². The molecule has 1 aromatic heterocycles. The van der Waals surface area contributed by atoms with E-state index in [1.165, 1.54) is 17.8 Å². The van der Waals surface area contributed by atoms with Crippen molar-refractivity contribution in [2.24, 2.45) is 0 Å². The van der Waals surface area contributed by atoms with E-state index in [0.29, 0.717) is 38.5 Å². The fourth-order valence-corrected chi connectivity index (χ4v) is 4.67. The SMILES string of the molecule is FC(F)(F)c1ccc2c(c1)nc(SCc1ccc(Cl)cc1Cl)n2Cc1ccccc1. The summed E-state index contributed by atoms with van der Waals surface area (Å²) in [5.41, 5.74) is 2.15. The largest absolute Gasteiger partial charge is 0.416 e. The Balaban J connectivity index is 1.72. The predicted molar refractivity (Wildman–Crippen MR) is 116 cm³/mol. The summed E-state index contributed by atoms with van der Waals surface area (Å²) in [6, 6.07) is 18.6. The van der Waals surface area contributed by atoms with Crippen LogP contribution in [-0.4, -0.2) is 9.55 Å². The van der Waals surface area contributed by atoms with Crippen LogP contribution in [0.4, 0.5) is 13.2 Å². The monoisotopic (exact) mass is 466 g/mol. The molecule has 0 spiro atoms. The van der Waals surface area contributed by atoms with Crippen molar-refractivity contribution in [2.75, 3.05) is 0 Å². The van der Waals surface area contributed by atoms with Gasteiger partial charge in [0.05, 0.1) is 23.1 Å². The number of fused-ring (bicyclic) bond motifs is 1. The van der Waals surface area contributed by atoms with Gasteiger partial charge in [0.2, 0.25) is 0 Å². The first-order chi connectivity index (χ1) is 14.3. The number of nitrogens with zero attached hydrogens (tertiary/aromatic N) is 2. The number of rotatable bonds is 5. The Morgan fingerprint density at radius 1 is 0.933 bits per heavy atom. The summed E-state index contributed by atoms with van der Waals surface area (Å²) in [6.45, 7) is 0.499. The van der Waals surface area contributed by atoms with Crippen molar-refractivity contribution in [3.63, 3.8) is 0 Å². The van der Waals surface area contributed by atoms with Gasteiger partial charge in [0.1, 0.15) is 0 Å². The van der Waals surface area contributed by atoms with Crippen molar-refractivity contribution < 1.29 is 13.2 Å². The third kappa shape index (κ3) is 4.61. The highest BCUT2D eigenvalue weighted by Crippen LogP contribution is 2.34. The molecule has 0 saturated heterocycles. The molecule has 30 heavy (non-hydrogen) atoms. The lowest BCUT2D eigenvalue weighted by Crippen LogP contribution is -2.05. The lowest BCUT2D eigenvalue weighted by Gasteiger charge is -2.10. The van der Waals surface area contributed by atoms with Crippen LogP contribution in [0, 0.1) is 0 Å². The predicted octanol–water partition coefficient (Wildman–Crippen LogP) is 7.70. The summed E-state index contributed by atoms with van der Waals surface area (Å²) in [7, 11) is 0. The molecular formula is C22H15Cl2F3N2S. The third-order valence-electron chi connectivity index (χ3n) is 4.60. The molecule has 1 heterocycles. The standard InChI is InChI=1S/C22H15Cl2F3N2S/c23-17-8-6-15(18(24)11-17)13-30-21-28-19-10-16(22(25,26)27)7-9-20(19)29(21)12-14-4-2-1-3-5-14/h1-11H,12-13H2. The Labute approximate surface area is 185 Å². The molecule has 0 bridgehead atoms. The minimum atomic E-state index is -4.42. The van der Waals surface area contributed by atoms with Crippen molar-refractivity contribution in [3.05, 3.63) is 93.5 Å². The molecule has 4 rings (SSSR count). The van der Waals surface area contributed by atoms with Crippen LogP contribution in [-0.2, 0) is 18.5 Å². The first kappa shape index (κ1) is 21.1. The Bertz CT molecular complexity index is 1190. The maximum absolute atomic E-state index is 13.2. The summed E-state index contributed by atoms with van der Waals surface area (Å²) in [5, 5.41) is 1.71. The number of hydrogen-bond donors (Lipinski definition) is 0. The zero-order chi connectivity index (χ0) is 21.3. The van der Waals surface area contributed by atoms with Crippen LogP contribution >= 0.6 is 35.0 Å². The van der Waals surface area contributed by atoms with Crippen LogP contribution in [0.25, 0.3) is 11.0 Å². The molecular weight excluding hydrogens is 452 g/mol. The van der Waals surface area contributed by atoms with Gasteiger partial charge in [-0.15, -0.1) is 0 Å². The molecule has 2 nitrogen and oxygen atoms in total. The molecule has 0 N–H and O–H groups in total. The maximum Gasteiger partial charge on any atom is 0.416 e. The summed E-state index contributed by atoms with van der Waals surface area (Å²) >= 11 is 13.6. The first-order valence-corrected chi connectivity index (χ1v) is 10.7. The summed E-state index contributed by atoms with van der Waals surface area (Å²) in [4.78, 5) is 4.50. The highest BCUT2D eigenvalue weighted by atomic mass is 35.5. The van der Waals surface area contributed by atoms with E-state index in [2.05, 4.69) is 4.98 Å². The lowest BCUT2D eigenvalue weighted by atomic mass is 10.2. The van der Waals surface area contributed by atoms with Gasteiger partial charge in [-0.25, -0.2) is 4.98 Å². The molecule has 0 radical (unpaired) electrons. The van der Waals surface area contributed by atoms with Crippen LogP contribution in [0.5, 0.6) is 0 Å². The topological polar surface area (TPSA) is 17.8 Å². The highest BCUT2D eigenvalue weighted by molar-refractivity contribution is 7.98. The number of alkyl halides is 3. The molecule has 0 aliphatic heterocycles. The molecule has 8 heteroatoms. The van der Waals surface area contributed by atoms with Crippen molar-refractivity contribution in [1.29, 1.82) is 0 Å². The average molecular weight is 467 g/mol. The summed E-state index contributed by atoms with van der Waals surface area (Å²) in [5.74, 6) is 0.514. The zero-order valence-electron chi connectivity index (χ0n) is 15.5. The van der Waals surface area contributed by atoms with Crippen molar-refractivity contribution in [2.45, 2.75) is 23.6 Å². The number of benzene rings is 3. The van der Waals surface area contributed by atoms with E-state index < -0.39 is 11.7 Å². The van der Waals surface area contributed by atoms with Gasteiger partial charge >= 0.3 is 6.18 Å². The second kappa shape index (κ2) is 8.53. The molecule has 4 aromatic rings. The van der Waals surface area contributed by atoms with Gasteiger partial charge in [0.15, 0.2) is 5.16 Å². The Kier molecular flexibility index (Phi) is 6.00. The van der Waals surface area contributed by atoms with Crippen LogP contribution in [0.3, 0.4) is 0 Å². The summed E-state index contributed by atoms with van der Waals surface area (Å²) < 4.78 is 41.4. The molecule has 0 aliphatic carbocycles. The van der Waals surface area contributed by atoms with Gasteiger partial charge < -0.3 is 4.57 Å². The van der Waals surface area contributed by atoms with Gasteiger partial charge in [-0.05, 0) is 41.5 Å². The molecule has 0 atom stereocenters. The number of halogens is 5. The number of hydrogen-bond acceptors (Lipinski definition) is 2. The second-order valence-electron chi connectivity index (χ2n) is 6.69. The van der Waals surface area contributed by atoms with Crippen molar-refractivity contribution >= 4 is 46.0 Å². The van der Waals surface area contributed by atoms with Gasteiger partial charge in [-0.3, -0.25) is 0 Å². The molecule has 0 unspecified atom stereocenters. The van der Waals surface area contributed by atoms with Crippen LogP contribution in [0.2, 0.25) is 10.0 Å².